The van der Waals surface area contributed by atoms with Gasteiger partial charge in [-0.2, -0.15) is 0 Å². The van der Waals surface area contributed by atoms with Gasteiger partial charge in [0.05, 0.1) is 12.5 Å². The Morgan fingerprint density at radius 3 is 2.12 bits per heavy atom. The molecule has 0 unspecified atom stereocenters. The Morgan fingerprint density at radius 2 is 1.44 bits per heavy atom. The molecule has 2 aliphatic rings. The van der Waals surface area contributed by atoms with E-state index in [0.29, 0.717) is 11.1 Å². The minimum Gasteiger partial charge on any atom is -0.507 e. The minimum absolute atomic E-state index is 0.00764. The van der Waals surface area contributed by atoms with Crippen molar-refractivity contribution >= 4 is 5.97 Å². The highest BCUT2D eigenvalue weighted by Gasteiger charge is 2.40. The van der Waals surface area contributed by atoms with Crippen molar-refractivity contribution in [1.82, 2.24) is 0 Å². The fourth-order valence-corrected chi connectivity index (χ4v) is 4.50. The fraction of sp³-hybridized carbons (Fsp3) is 0.208. The van der Waals surface area contributed by atoms with Crippen molar-refractivity contribution in [3.8, 4) is 46.0 Å². The van der Waals surface area contributed by atoms with Gasteiger partial charge in [0.1, 0.15) is 23.4 Å². The molecule has 0 aliphatic carbocycles. The topological polar surface area (TPSA) is 177 Å². The smallest absolute Gasteiger partial charge is 0.312 e. The molecule has 0 saturated carbocycles. The Kier molecular flexibility index (Phi) is 4.83. The van der Waals surface area contributed by atoms with E-state index in [1.165, 1.54) is 36.4 Å². The highest BCUT2D eigenvalue weighted by molar-refractivity contribution is 5.80. The van der Waals surface area contributed by atoms with Crippen LogP contribution in [0.25, 0.3) is 0 Å². The van der Waals surface area contributed by atoms with E-state index in [1.54, 1.807) is 0 Å². The van der Waals surface area contributed by atoms with Crippen LogP contribution >= 0.6 is 0 Å². The summed E-state index contributed by atoms with van der Waals surface area (Å²) in [4.78, 5) is 12.3. The number of aromatic hydroxyl groups is 6. The molecule has 3 aromatic rings. The number of hydrogen-bond donors (Lipinski definition) is 7. The highest BCUT2D eigenvalue weighted by Crippen LogP contribution is 2.53. The first-order chi connectivity index (χ1) is 16.1. The van der Waals surface area contributed by atoms with Crippen LogP contribution in [0.5, 0.6) is 46.0 Å². The molecule has 2 heterocycles. The molecule has 176 valence electrons. The van der Waals surface area contributed by atoms with Crippen LogP contribution in [0, 0.1) is 0 Å². The number of phenols is 6. The number of carbonyl (C=O) groups excluding carboxylic acids is 1. The van der Waals surface area contributed by atoms with Gasteiger partial charge in [-0.25, -0.2) is 0 Å². The minimum atomic E-state index is -1.12. The first kappa shape index (κ1) is 21.5. The predicted molar refractivity (Wildman–Crippen MR) is 114 cm³/mol. The molecule has 0 aromatic heterocycles. The van der Waals surface area contributed by atoms with Crippen molar-refractivity contribution in [2.24, 2.45) is 0 Å². The summed E-state index contributed by atoms with van der Waals surface area (Å²) in [5.74, 6) is -4.15. The summed E-state index contributed by atoms with van der Waals surface area (Å²) in [5.41, 5.74) is 1.25. The summed E-state index contributed by atoms with van der Waals surface area (Å²) in [7, 11) is 0. The molecule has 0 spiro atoms. The lowest BCUT2D eigenvalue weighted by molar-refractivity contribution is -0.135. The van der Waals surface area contributed by atoms with Crippen LogP contribution < -0.4 is 9.47 Å². The van der Waals surface area contributed by atoms with Crippen LogP contribution in [-0.2, 0) is 11.2 Å². The Hall–Kier alpha value is -4.31. The number of ether oxygens (including phenoxy) is 2. The largest absolute Gasteiger partial charge is 0.507 e. The third-order valence-electron chi connectivity index (χ3n) is 6.13. The highest BCUT2D eigenvalue weighted by atomic mass is 16.5. The molecule has 0 saturated heterocycles. The summed E-state index contributed by atoms with van der Waals surface area (Å²) in [6, 6.07) is 7.61. The zero-order valence-corrected chi connectivity index (χ0v) is 17.5. The molecule has 3 atom stereocenters. The van der Waals surface area contributed by atoms with Crippen molar-refractivity contribution in [3.05, 3.63) is 58.7 Å². The molecule has 3 aromatic carbocycles. The maximum atomic E-state index is 12.3. The van der Waals surface area contributed by atoms with E-state index in [0.717, 1.165) is 0 Å². The Labute approximate surface area is 192 Å². The van der Waals surface area contributed by atoms with E-state index >= 15 is 0 Å². The second kappa shape index (κ2) is 7.63. The normalized spacial score (nSPS) is 21.2. The van der Waals surface area contributed by atoms with Crippen molar-refractivity contribution < 1.29 is 50.0 Å². The third-order valence-corrected chi connectivity index (χ3v) is 6.13. The van der Waals surface area contributed by atoms with Crippen LogP contribution in [-0.4, -0.2) is 47.8 Å². The van der Waals surface area contributed by atoms with E-state index < -0.39 is 47.1 Å². The molecule has 0 bridgehead atoms. The van der Waals surface area contributed by atoms with Gasteiger partial charge >= 0.3 is 5.97 Å². The zero-order chi connectivity index (χ0) is 24.3. The van der Waals surface area contributed by atoms with Crippen LogP contribution in [0.3, 0.4) is 0 Å². The molecule has 5 rings (SSSR count). The second-order valence-electron chi connectivity index (χ2n) is 8.31. The molecule has 2 aliphatic heterocycles. The van der Waals surface area contributed by atoms with Crippen LogP contribution in [0.2, 0.25) is 0 Å². The van der Waals surface area contributed by atoms with E-state index in [1.807, 2.05) is 0 Å². The molecule has 7 N–H and O–H groups in total. The molecular formula is C24H20O10. The Bertz CT molecular complexity index is 1310. The van der Waals surface area contributed by atoms with Crippen molar-refractivity contribution in [3.63, 3.8) is 0 Å². The maximum Gasteiger partial charge on any atom is 0.312 e. The van der Waals surface area contributed by atoms with Gasteiger partial charge in [0.15, 0.2) is 28.7 Å². The molecule has 10 nitrogen and oxygen atoms in total. The summed E-state index contributed by atoms with van der Waals surface area (Å²) < 4.78 is 11.4. The average Bonchev–Trinajstić information content (AvgIpc) is 2.78. The van der Waals surface area contributed by atoms with Gasteiger partial charge in [0.2, 0.25) is 0 Å². The van der Waals surface area contributed by atoms with Gasteiger partial charge in [-0.15, -0.1) is 0 Å². The third kappa shape index (κ3) is 3.35. The molecule has 0 fully saturated rings. The van der Waals surface area contributed by atoms with E-state index in [-0.39, 0.29) is 47.0 Å². The van der Waals surface area contributed by atoms with Gasteiger partial charge in [-0.3, -0.25) is 4.79 Å². The Morgan fingerprint density at radius 1 is 0.765 bits per heavy atom. The SMILES string of the molecule is O=C1C[C@H](c2cc(O)c(O)c(O)c2)c2c(cc(O)c3c2O[C@H](c2ccc(O)c(O)c2)[C@H](O)C3)O1. The van der Waals surface area contributed by atoms with Crippen LogP contribution in [0.4, 0.5) is 0 Å². The lowest BCUT2D eigenvalue weighted by Gasteiger charge is -2.36. The van der Waals surface area contributed by atoms with Gasteiger partial charge in [-0.1, -0.05) is 6.07 Å². The van der Waals surface area contributed by atoms with Crippen LogP contribution in [0.15, 0.2) is 36.4 Å². The lowest BCUT2D eigenvalue weighted by Crippen LogP contribution is -2.32. The number of aliphatic hydroxyl groups is 1. The lowest BCUT2D eigenvalue weighted by atomic mass is 9.82. The maximum absolute atomic E-state index is 12.3. The second-order valence-corrected chi connectivity index (χ2v) is 8.31. The molecule has 0 radical (unpaired) electrons. The number of phenolic OH excluding ortho intramolecular Hbond substituents is 6. The van der Waals surface area contributed by atoms with Crippen molar-refractivity contribution in [2.75, 3.05) is 0 Å². The summed E-state index contributed by atoms with van der Waals surface area (Å²) in [6.07, 6.45) is -2.34. The molecule has 34 heavy (non-hydrogen) atoms. The molecular weight excluding hydrogens is 448 g/mol. The van der Waals surface area contributed by atoms with Crippen LogP contribution in [0.1, 0.15) is 40.7 Å². The van der Waals surface area contributed by atoms with E-state index in [9.17, 15) is 40.5 Å². The molecule has 10 heteroatoms. The summed E-state index contributed by atoms with van der Waals surface area (Å²) in [6.45, 7) is 0. The number of carbonyl (C=O) groups is 1. The first-order valence-electron chi connectivity index (χ1n) is 10.3. The van der Waals surface area contributed by atoms with Gasteiger partial charge in [0, 0.05) is 29.5 Å². The number of hydrogen-bond acceptors (Lipinski definition) is 10. The number of esters is 1. The van der Waals surface area contributed by atoms with Crippen molar-refractivity contribution in [1.29, 1.82) is 0 Å². The van der Waals surface area contributed by atoms with Gasteiger partial charge < -0.3 is 45.2 Å². The standard InChI is InChI=1S/C24H20O10/c25-13-2-1-9(3-15(13)27)23-18(30)6-12-14(26)8-19-21(24(12)34-23)11(7-20(31)33-19)10-4-16(28)22(32)17(29)5-10/h1-5,8,11,18,23,25-30,32H,6-7H2/t11-,18-,23-/m1/s1. The summed E-state index contributed by atoms with van der Waals surface area (Å²) in [5, 5.41) is 70.5. The predicted octanol–water partition coefficient (Wildman–Crippen LogP) is 2.40. The zero-order valence-electron chi connectivity index (χ0n) is 17.5. The summed E-state index contributed by atoms with van der Waals surface area (Å²) >= 11 is 0. The van der Waals surface area contributed by atoms with Gasteiger partial charge in [-0.05, 0) is 35.4 Å². The van der Waals surface area contributed by atoms with Crippen molar-refractivity contribution in [2.45, 2.75) is 31.0 Å². The number of benzene rings is 3. The Balaban J connectivity index is 1.67. The monoisotopic (exact) mass is 468 g/mol. The quantitative estimate of drug-likeness (QED) is 0.168. The fourth-order valence-electron chi connectivity index (χ4n) is 4.50. The average molecular weight is 468 g/mol. The van der Waals surface area contributed by atoms with Gasteiger partial charge in [0.25, 0.3) is 0 Å². The van der Waals surface area contributed by atoms with E-state index in [2.05, 4.69) is 0 Å². The first-order valence-corrected chi connectivity index (χ1v) is 10.3. The number of aliphatic hydroxyl groups excluding tert-OH is 1. The number of fused-ring (bicyclic) bond motifs is 3. The molecule has 0 amide bonds. The van der Waals surface area contributed by atoms with E-state index in [4.69, 9.17) is 9.47 Å². The number of rotatable bonds is 2.